The molecule has 2 saturated heterocycles. The fourth-order valence-electron chi connectivity index (χ4n) is 2.46. The van der Waals surface area contributed by atoms with Crippen LogP contribution in [0.25, 0.3) is 0 Å². The lowest BCUT2D eigenvalue weighted by Gasteiger charge is -2.29. The van der Waals surface area contributed by atoms with Crippen molar-refractivity contribution in [2.75, 3.05) is 19.6 Å². The third kappa shape index (κ3) is 2.13. The van der Waals surface area contributed by atoms with Gasteiger partial charge in [0.2, 0.25) is 0 Å². The van der Waals surface area contributed by atoms with E-state index in [1.165, 1.54) is 4.90 Å². The molecule has 96 valence electrons. The van der Waals surface area contributed by atoms with Crippen LogP contribution in [0.5, 0.6) is 0 Å². The predicted octanol–water partition coefficient (Wildman–Crippen LogP) is 0.919. The number of nitrogens with one attached hydrogen (secondary N) is 1. The van der Waals surface area contributed by atoms with Crippen molar-refractivity contribution < 1.29 is 14.3 Å². The highest BCUT2D eigenvalue weighted by Crippen LogP contribution is 2.36. The highest BCUT2D eigenvalue weighted by atomic mass is 35.5. The summed E-state index contributed by atoms with van der Waals surface area (Å²) in [5.74, 6) is 0.416. The summed E-state index contributed by atoms with van der Waals surface area (Å²) in [6, 6.07) is 0. The summed E-state index contributed by atoms with van der Waals surface area (Å²) < 4.78 is 5.34. The van der Waals surface area contributed by atoms with Crippen LogP contribution in [0.1, 0.15) is 25.7 Å². The first kappa shape index (κ1) is 12.6. The van der Waals surface area contributed by atoms with Crippen molar-refractivity contribution in [3.8, 4) is 0 Å². The Bertz CT molecular complexity index is 338. The highest BCUT2D eigenvalue weighted by molar-refractivity contribution is 6.03. The molecule has 1 saturated carbocycles. The second-order valence-corrected chi connectivity index (χ2v) is 4.97. The SMILES string of the molecule is Cl.O=C1OC2(CCNCC2)C(=O)N1CC1CC1. The second-order valence-electron chi connectivity index (χ2n) is 4.97. The fourth-order valence-corrected chi connectivity index (χ4v) is 2.46. The summed E-state index contributed by atoms with van der Waals surface area (Å²) in [6.45, 7) is 2.05. The summed E-state index contributed by atoms with van der Waals surface area (Å²) in [6.07, 6.45) is 3.05. The number of hydrogen-bond acceptors (Lipinski definition) is 4. The standard InChI is InChI=1S/C11H16N2O3.ClH/c14-9-11(3-5-12-6-4-11)16-10(15)13(9)7-8-1-2-8;/h8,12H,1-7H2;1H. The zero-order valence-electron chi connectivity index (χ0n) is 9.61. The van der Waals surface area contributed by atoms with E-state index in [-0.39, 0.29) is 18.3 Å². The van der Waals surface area contributed by atoms with Gasteiger partial charge in [-0.15, -0.1) is 12.4 Å². The lowest BCUT2D eigenvalue weighted by Crippen LogP contribution is -2.48. The minimum Gasteiger partial charge on any atom is -0.432 e. The molecular formula is C11H17ClN2O3. The van der Waals surface area contributed by atoms with E-state index < -0.39 is 11.7 Å². The molecule has 0 aromatic rings. The van der Waals surface area contributed by atoms with Gasteiger partial charge in [-0.2, -0.15) is 0 Å². The zero-order valence-corrected chi connectivity index (χ0v) is 10.4. The minimum absolute atomic E-state index is 0. The molecule has 3 aliphatic rings. The summed E-state index contributed by atoms with van der Waals surface area (Å²) in [5, 5.41) is 3.18. The number of ether oxygens (including phenoxy) is 1. The van der Waals surface area contributed by atoms with E-state index in [1.54, 1.807) is 0 Å². The van der Waals surface area contributed by atoms with Crippen molar-refractivity contribution in [2.45, 2.75) is 31.3 Å². The number of imide groups is 1. The molecule has 2 amide bonds. The molecule has 0 bridgehead atoms. The molecular weight excluding hydrogens is 244 g/mol. The van der Waals surface area contributed by atoms with Gasteiger partial charge in [0.15, 0.2) is 5.60 Å². The van der Waals surface area contributed by atoms with Crippen molar-refractivity contribution in [1.29, 1.82) is 0 Å². The Hall–Kier alpha value is -0.810. The quantitative estimate of drug-likeness (QED) is 0.802. The molecule has 0 radical (unpaired) electrons. The third-order valence-corrected chi connectivity index (χ3v) is 3.69. The molecule has 1 spiro atoms. The van der Waals surface area contributed by atoms with E-state index in [0.29, 0.717) is 25.3 Å². The van der Waals surface area contributed by atoms with E-state index in [1.807, 2.05) is 0 Å². The van der Waals surface area contributed by atoms with Crippen LogP contribution in [-0.4, -0.2) is 42.1 Å². The maximum Gasteiger partial charge on any atom is 0.417 e. The third-order valence-electron chi connectivity index (χ3n) is 3.69. The van der Waals surface area contributed by atoms with E-state index in [9.17, 15) is 9.59 Å². The monoisotopic (exact) mass is 260 g/mol. The van der Waals surface area contributed by atoms with Gasteiger partial charge in [-0.25, -0.2) is 9.69 Å². The molecule has 17 heavy (non-hydrogen) atoms. The molecule has 3 rings (SSSR count). The number of halogens is 1. The van der Waals surface area contributed by atoms with Crippen molar-refractivity contribution in [3.05, 3.63) is 0 Å². The fraction of sp³-hybridized carbons (Fsp3) is 0.818. The van der Waals surface area contributed by atoms with Crippen molar-refractivity contribution in [2.24, 2.45) is 5.92 Å². The largest absolute Gasteiger partial charge is 0.432 e. The number of hydrogen-bond donors (Lipinski definition) is 1. The lowest BCUT2D eigenvalue weighted by atomic mass is 9.91. The summed E-state index contributed by atoms with van der Waals surface area (Å²) in [7, 11) is 0. The first-order valence-electron chi connectivity index (χ1n) is 5.97. The van der Waals surface area contributed by atoms with E-state index in [2.05, 4.69) is 5.32 Å². The van der Waals surface area contributed by atoms with Crippen LogP contribution >= 0.6 is 12.4 Å². The average molecular weight is 261 g/mol. The van der Waals surface area contributed by atoms with Gasteiger partial charge in [-0.05, 0) is 31.8 Å². The number of piperidine rings is 1. The smallest absolute Gasteiger partial charge is 0.417 e. The lowest BCUT2D eigenvalue weighted by molar-refractivity contribution is -0.138. The molecule has 0 aromatic carbocycles. The van der Waals surface area contributed by atoms with E-state index >= 15 is 0 Å². The van der Waals surface area contributed by atoms with Gasteiger partial charge >= 0.3 is 6.09 Å². The van der Waals surface area contributed by atoms with Crippen molar-refractivity contribution >= 4 is 24.4 Å². The molecule has 0 aromatic heterocycles. The summed E-state index contributed by atoms with van der Waals surface area (Å²) >= 11 is 0. The van der Waals surface area contributed by atoms with Crippen molar-refractivity contribution in [3.63, 3.8) is 0 Å². The van der Waals surface area contributed by atoms with Gasteiger partial charge in [0, 0.05) is 19.4 Å². The van der Waals surface area contributed by atoms with Gasteiger partial charge in [-0.1, -0.05) is 0 Å². The zero-order chi connectivity index (χ0) is 11.2. The minimum atomic E-state index is -0.836. The van der Waals surface area contributed by atoms with Crippen LogP contribution in [-0.2, 0) is 9.53 Å². The van der Waals surface area contributed by atoms with Gasteiger partial charge in [0.25, 0.3) is 5.91 Å². The maximum absolute atomic E-state index is 12.2. The Morgan fingerprint density at radius 3 is 2.53 bits per heavy atom. The summed E-state index contributed by atoms with van der Waals surface area (Å²) in [4.78, 5) is 25.2. The number of amides is 2. The Labute approximate surface area is 106 Å². The highest BCUT2D eigenvalue weighted by Gasteiger charge is 2.54. The molecule has 5 nitrogen and oxygen atoms in total. The van der Waals surface area contributed by atoms with Crippen LogP contribution in [0, 0.1) is 5.92 Å². The predicted molar refractivity (Wildman–Crippen MR) is 63.0 cm³/mol. The molecule has 0 atom stereocenters. The van der Waals surface area contributed by atoms with Crippen LogP contribution in [0.15, 0.2) is 0 Å². The first-order chi connectivity index (χ1) is 7.71. The molecule has 3 fully saturated rings. The topological polar surface area (TPSA) is 58.6 Å². The van der Waals surface area contributed by atoms with Crippen LogP contribution in [0.4, 0.5) is 4.79 Å². The molecule has 2 heterocycles. The Kier molecular flexibility index (Phi) is 3.32. The average Bonchev–Trinajstić information content (AvgIpc) is 3.06. The maximum atomic E-state index is 12.2. The van der Waals surface area contributed by atoms with Gasteiger partial charge in [0.05, 0.1) is 0 Å². The van der Waals surface area contributed by atoms with E-state index in [4.69, 9.17) is 4.74 Å². The normalized spacial score (nSPS) is 26.9. The van der Waals surface area contributed by atoms with Crippen LogP contribution in [0.3, 0.4) is 0 Å². The Balaban J connectivity index is 0.00000108. The summed E-state index contributed by atoms with van der Waals surface area (Å²) in [5.41, 5.74) is -0.836. The van der Waals surface area contributed by atoms with Gasteiger partial charge in [-0.3, -0.25) is 4.79 Å². The Morgan fingerprint density at radius 2 is 1.94 bits per heavy atom. The first-order valence-corrected chi connectivity index (χ1v) is 5.97. The molecule has 2 aliphatic heterocycles. The van der Waals surface area contributed by atoms with Gasteiger partial charge < -0.3 is 10.1 Å². The second kappa shape index (κ2) is 4.46. The Morgan fingerprint density at radius 1 is 1.29 bits per heavy atom. The molecule has 0 unspecified atom stereocenters. The number of carbonyl (C=O) groups is 2. The van der Waals surface area contributed by atoms with Gasteiger partial charge in [0.1, 0.15) is 0 Å². The number of carbonyl (C=O) groups excluding carboxylic acids is 2. The molecule has 1 aliphatic carbocycles. The number of nitrogens with zero attached hydrogens (tertiary/aromatic N) is 1. The van der Waals surface area contributed by atoms with Crippen LogP contribution in [0.2, 0.25) is 0 Å². The van der Waals surface area contributed by atoms with Crippen molar-refractivity contribution in [1.82, 2.24) is 10.2 Å². The van der Waals surface area contributed by atoms with E-state index in [0.717, 1.165) is 25.9 Å². The number of rotatable bonds is 2. The molecule has 1 N–H and O–H groups in total. The molecule has 6 heteroatoms. The van der Waals surface area contributed by atoms with Crippen LogP contribution < -0.4 is 5.32 Å².